The molecule has 0 aliphatic heterocycles. The number of carbonyl (C=O) groups is 2. The van der Waals surface area contributed by atoms with Gasteiger partial charge in [0.05, 0.1) is 12.5 Å². The van der Waals surface area contributed by atoms with Crippen molar-refractivity contribution in [3.63, 3.8) is 0 Å². The minimum absolute atomic E-state index is 0.145. The summed E-state index contributed by atoms with van der Waals surface area (Å²) in [5.74, 6) is -0.820. The number of primary amides is 1. The van der Waals surface area contributed by atoms with Crippen molar-refractivity contribution in [2.24, 2.45) is 11.7 Å². The molecule has 0 fully saturated rings. The zero-order valence-electron chi connectivity index (χ0n) is 8.25. The Balaban J connectivity index is 3.54. The molecule has 1 atom stereocenters. The van der Waals surface area contributed by atoms with Crippen molar-refractivity contribution >= 4 is 11.8 Å². The van der Waals surface area contributed by atoms with Crippen LogP contribution in [0.15, 0.2) is 0 Å². The van der Waals surface area contributed by atoms with Crippen LogP contribution in [-0.4, -0.2) is 18.4 Å². The van der Waals surface area contributed by atoms with Crippen LogP contribution in [0.5, 0.6) is 0 Å². The van der Waals surface area contributed by atoms with Gasteiger partial charge in [0.25, 0.3) is 0 Å². The van der Waals surface area contributed by atoms with Crippen LogP contribution < -0.4 is 11.1 Å². The molecule has 0 rings (SSSR count). The number of carbonyl (C=O) groups excluding carboxylic acids is 2. The molecule has 2 amide bonds. The molecule has 0 unspecified atom stereocenters. The summed E-state index contributed by atoms with van der Waals surface area (Å²) in [6, 6.07) is 1.92. The molecule has 0 aliphatic carbocycles. The highest BCUT2D eigenvalue weighted by atomic mass is 16.2. The molecule has 0 aliphatic rings. The zero-order valence-corrected chi connectivity index (χ0v) is 8.25. The van der Waals surface area contributed by atoms with Crippen LogP contribution in [-0.2, 0) is 9.59 Å². The van der Waals surface area contributed by atoms with Crippen molar-refractivity contribution < 1.29 is 9.59 Å². The van der Waals surface area contributed by atoms with Gasteiger partial charge in [-0.1, -0.05) is 6.92 Å². The van der Waals surface area contributed by atoms with E-state index in [4.69, 9.17) is 11.0 Å². The Morgan fingerprint density at radius 3 is 2.71 bits per heavy atom. The summed E-state index contributed by atoms with van der Waals surface area (Å²) >= 11 is 0. The van der Waals surface area contributed by atoms with E-state index >= 15 is 0 Å². The molecule has 0 heterocycles. The minimum Gasteiger partial charge on any atom is -0.369 e. The first kappa shape index (κ1) is 12.4. The summed E-state index contributed by atoms with van der Waals surface area (Å²) < 4.78 is 0. The number of nitrogens with one attached hydrogen (secondary N) is 1. The van der Waals surface area contributed by atoms with Gasteiger partial charge in [-0.05, 0) is 6.42 Å². The maximum atomic E-state index is 11.1. The van der Waals surface area contributed by atoms with Crippen LogP contribution in [0.2, 0.25) is 0 Å². The Morgan fingerprint density at radius 1 is 1.57 bits per heavy atom. The molecule has 78 valence electrons. The Hall–Kier alpha value is -1.57. The lowest BCUT2D eigenvalue weighted by molar-refractivity contribution is -0.123. The number of hydrogen-bond donors (Lipinski definition) is 2. The summed E-state index contributed by atoms with van der Waals surface area (Å²) in [5, 5.41) is 10.8. The lowest BCUT2D eigenvalue weighted by Crippen LogP contribution is -2.26. The van der Waals surface area contributed by atoms with E-state index in [0.717, 1.165) is 0 Å². The van der Waals surface area contributed by atoms with Gasteiger partial charge in [0.1, 0.15) is 0 Å². The van der Waals surface area contributed by atoms with Gasteiger partial charge in [0, 0.05) is 18.9 Å². The van der Waals surface area contributed by atoms with Gasteiger partial charge in [0.2, 0.25) is 11.8 Å². The van der Waals surface area contributed by atoms with Gasteiger partial charge >= 0.3 is 0 Å². The van der Waals surface area contributed by atoms with Gasteiger partial charge in [-0.3, -0.25) is 9.59 Å². The number of nitrogens with zero attached hydrogens (tertiary/aromatic N) is 1. The first-order valence-corrected chi connectivity index (χ1v) is 4.51. The van der Waals surface area contributed by atoms with E-state index in [1.165, 1.54) is 0 Å². The summed E-state index contributed by atoms with van der Waals surface area (Å²) in [6.07, 6.45) is 1.03. The topological polar surface area (TPSA) is 96.0 Å². The fraction of sp³-hybridized carbons (Fsp3) is 0.667. The second-order valence-electron chi connectivity index (χ2n) is 3.10. The molecule has 0 saturated heterocycles. The molecule has 14 heavy (non-hydrogen) atoms. The Labute approximate surface area is 83.3 Å². The number of amides is 2. The average molecular weight is 197 g/mol. The van der Waals surface area contributed by atoms with Gasteiger partial charge in [-0.15, -0.1) is 0 Å². The molecule has 0 bridgehead atoms. The second-order valence-corrected chi connectivity index (χ2v) is 3.10. The van der Waals surface area contributed by atoms with Crippen molar-refractivity contribution in [3.8, 4) is 6.07 Å². The summed E-state index contributed by atoms with van der Waals surface area (Å²) in [5.41, 5.74) is 5.03. The van der Waals surface area contributed by atoms with E-state index in [1.807, 2.05) is 6.07 Å². The third-order valence-electron chi connectivity index (χ3n) is 1.85. The lowest BCUT2D eigenvalue weighted by Gasteiger charge is -2.06. The van der Waals surface area contributed by atoms with Crippen LogP contribution in [0.1, 0.15) is 26.2 Å². The second kappa shape index (κ2) is 6.89. The molecule has 0 aromatic heterocycles. The molecule has 5 nitrogen and oxygen atoms in total. The number of nitriles is 1. The number of nitrogens with two attached hydrogens (primary N) is 1. The maximum absolute atomic E-state index is 11.1. The van der Waals surface area contributed by atoms with E-state index in [-0.39, 0.29) is 18.2 Å². The molecular weight excluding hydrogens is 182 g/mol. The average Bonchev–Trinajstić information content (AvgIpc) is 2.14. The molecule has 0 saturated carbocycles. The quantitative estimate of drug-likeness (QED) is 0.583. The fourth-order valence-electron chi connectivity index (χ4n) is 0.836. The van der Waals surface area contributed by atoms with E-state index in [1.54, 1.807) is 6.92 Å². The minimum atomic E-state index is -0.394. The number of rotatable bonds is 6. The van der Waals surface area contributed by atoms with Crippen molar-refractivity contribution in [2.75, 3.05) is 6.54 Å². The van der Waals surface area contributed by atoms with Crippen LogP contribution >= 0.6 is 0 Å². The first-order valence-electron chi connectivity index (χ1n) is 4.51. The molecule has 0 aromatic carbocycles. The Morgan fingerprint density at radius 2 is 2.21 bits per heavy atom. The molecule has 0 radical (unpaired) electrons. The SMILES string of the molecule is C[C@@H](CCC(=O)NCCC#N)C(N)=O. The van der Waals surface area contributed by atoms with E-state index in [0.29, 0.717) is 19.4 Å². The largest absolute Gasteiger partial charge is 0.369 e. The summed E-state index contributed by atoms with van der Waals surface area (Å²) in [7, 11) is 0. The normalized spacial score (nSPS) is 11.4. The van der Waals surface area contributed by atoms with Crippen LogP contribution in [0.25, 0.3) is 0 Å². The predicted molar refractivity (Wildman–Crippen MR) is 50.8 cm³/mol. The highest BCUT2D eigenvalue weighted by Gasteiger charge is 2.10. The van der Waals surface area contributed by atoms with Crippen molar-refractivity contribution in [1.29, 1.82) is 5.26 Å². The van der Waals surface area contributed by atoms with Crippen LogP contribution in [0.3, 0.4) is 0 Å². The predicted octanol–water partition coefficient (Wildman–Crippen LogP) is -0.0821. The van der Waals surface area contributed by atoms with Crippen molar-refractivity contribution in [3.05, 3.63) is 0 Å². The Bertz CT molecular complexity index is 245. The van der Waals surface area contributed by atoms with E-state index < -0.39 is 5.91 Å². The first-order chi connectivity index (χ1) is 6.57. The van der Waals surface area contributed by atoms with E-state index in [9.17, 15) is 9.59 Å². The number of hydrogen-bond acceptors (Lipinski definition) is 3. The fourth-order valence-corrected chi connectivity index (χ4v) is 0.836. The standard InChI is InChI=1S/C9H15N3O2/c1-7(9(11)14)3-4-8(13)12-6-2-5-10/h7H,2-4,6H2,1H3,(H2,11,14)(H,12,13)/t7-/m0/s1. The molecule has 5 heteroatoms. The van der Waals surface area contributed by atoms with Crippen molar-refractivity contribution in [1.82, 2.24) is 5.32 Å². The summed E-state index contributed by atoms with van der Waals surface area (Å²) in [4.78, 5) is 21.7. The van der Waals surface area contributed by atoms with Gasteiger partial charge < -0.3 is 11.1 Å². The van der Waals surface area contributed by atoms with Gasteiger partial charge in [0.15, 0.2) is 0 Å². The maximum Gasteiger partial charge on any atom is 0.220 e. The highest BCUT2D eigenvalue weighted by Crippen LogP contribution is 2.03. The van der Waals surface area contributed by atoms with Gasteiger partial charge in [-0.25, -0.2) is 0 Å². The van der Waals surface area contributed by atoms with E-state index in [2.05, 4.69) is 5.32 Å². The van der Waals surface area contributed by atoms with Gasteiger partial charge in [-0.2, -0.15) is 5.26 Å². The molecule has 3 N–H and O–H groups in total. The van der Waals surface area contributed by atoms with Crippen molar-refractivity contribution in [2.45, 2.75) is 26.2 Å². The third-order valence-corrected chi connectivity index (χ3v) is 1.85. The molecular formula is C9H15N3O2. The molecule has 0 spiro atoms. The smallest absolute Gasteiger partial charge is 0.220 e. The highest BCUT2D eigenvalue weighted by molar-refractivity contribution is 5.79. The third kappa shape index (κ3) is 6.00. The lowest BCUT2D eigenvalue weighted by atomic mass is 10.1. The zero-order chi connectivity index (χ0) is 11.0. The Kier molecular flexibility index (Phi) is 6.12. The van der Waals surface area contributed by atoms with Crippen LogP contribution in [0.4, 0.5) is 0 Å². The van der Waals surface area contributed by atoms with Crippen LogP contribution in [0, 0.1) is 17.2 Å². The molecule has 0 aromatic rings. The monoisotopic (exact) mass is 197 g/mol. The summed E-state index contributed by atoms with van der Waals surface area (Å²) in [6.45, 7) is 2.05.